The van der Waals surface area contributed by atoms with Crippen LogP contribution in [0.5, 0.6) is 0 Å². The third-order valence-corrected chi connectivity index (χ3v) is 1.63. The average Bonchev–Trinajstić information content (AvgIpc) is 2.16. The summed E-state index contributed by atoms with van der Waals surface area (Å²) >= 11 is 0. The lowest BCUT2D eigenvalue weighted by Gasteiger charge is -2.02. The monoisotopic (exact) mass is 173 g/mol. The number of nitrogens with two attached hydrogens (primary N) is 1. The van der Waals surface area contributed by atoms with E-state index in [2.05, 4.69) is 0 Å². The molecule has 0 saturated heterocycles. The Morgan fingerprint density at radius 1 is 1.62 bits per heavy atom. The summed E-state index contributed by atoms with van der Waals surface area (Å²) in [5.41, 5.74) is 5.95. The van der Waals surface area contributed by atoms with Gasteiger partial charge in [-0.3, -0.25) is 10.2 Å². The fraction of sp³-hybridized carbons (Fsp3) is 0. The number of nitriles is 1. The van der Waals surface area contributed by atoms with Crippen molar-refractivity contribution in [1.82, 2.24) is 0 Å². The highest BCUT2D eigenvalue weighted by Gasteiger charge is 2.08. The van der Waals surface area contributed by atoms with Crippen LogP contribution in [0, 0.1) is 16.7 Å². The van der Waals surface area contributed by atoms with Gasteiger partial charge in [0, 0.05) is 11.1 Å². The lowest BCUT2D eigenvalue weighted by atomic mass is 10.0. The van der Waals surface area contributed by atoms with Crippen molar-refractivity contribution in [2.75, 3.05) is 0 Å². The molecule has 4 nitrogen and oxygen atoms in total. The summed E-state index contributed by atoms with van der Waals surface area (Å²) in [5.74, 6) is -0.209. The first-order valence-corrected chi connectivity index (χ1v) is 3.53. The smallest absolute Gasteiger partial charge is 0.152 e. The van der Waals surface area contributed by atoms with E-state index in [1.54, 1.807) is 6.07 Å². The fourth-order valence-electron chi connectivity index (χ4n) is 1.02. The van der Waals surface area contributed by atoms with E-state index in [0.29, 0.717) is 11.8 Å². The second kappa shape index (κ2) is 3.50. The van der Waals surface area contributed by atoms with Crippen LogP contribution >= 0.6 is 0 Å². The number of rotatable bonds is 2. The minimum Gasteiger partial charge on any atom is -0.384 e. The highest BCUT2D eigenvalue weighted by molar-refractivity contribution is 6.03. The first-order valence-electron chi connectivity index (χ1n) is 3.53. The van der Waals surface area contributed by atoms with Crippen LogP contribution in [0.15, 0.2) is 18.2 Å². The number of amidine groups is 1. The van der Waals surface area contributed by atoms with Gasteiger partial charge >= 0.3 is 0 Å². The van der Waals surface area contributed by atoms with Gasteiger partial charge in [-0.05, 0) is 6.07 Å². The van der Waals surface area contributed by atoms with E-state index in [1.165, 1.54) is 12.1 Å². The molecule has 0 unspecified atom stereocenters. The second-order valence-electron chi connectivity index (χ2n) is 2.41. The number of hydrogen-bond acceptors (Lipinski definition) is 3. The van der Waals surface area contributed by atoms with Crippen molar-refractivity contribution < 1.29 is 4.79 Å². The van der Waals surface area contributed by atoms with Crippen molar-refractivity contribution in [3.05, 3.63) is 34.9 Å². The Labute approximate surface area is 75.1 Å². The molecule has 3 N–H and O–H groups in total. The van der Waals surface area contributed by atoms with Gasteiger partial charge < -0.3 is 5.73 Å². The van der Waals surface area contributed by atoms with Crippen LogP contribution in [-0.2, 0) is 0 Å². The van der Waals surface area contributed by atoms with E-state index in [4.69, 9.17) is 16.4 Å². The molecule has 1 aromatic carbocycles. The molecule has 0 aliphatic rings. The quantitative estimate of drug-likeness (QED) is 0.391. The van der Waals surface area contributed by atoms with Gasteiger partial charge in [0.2, 0.25) is 0 Å². The Balaban J connectivity index is 3.46. The van der Waals surface area contributed by atoms with E-state index in [9.17, 15) is 4.79 Å². The first-order chi connectivity index (χ1) is 6.20. The lowest BCUT2D eigenvalue weighted by Crippen LogP contribution is -2.14. The molecule has 0 spiro atoms. The molecule has 13 heavy (non-hydrogen) atoms. The summed E-state index contributed by atoms with van der Waals surface area (Å²) in [6.45, 7) is 0. The molecule has 0 heterocycles. The number of nitrogens with zero attached hydrogens (tertiary/aromatic N) is 1. The van der Waals surface area contributed by atoms with Crippen molar-refractivity contribution in [1.29, 1.82) is 10.7 Å². The molecule has 0 bridgehead atoms. The number of carbonyl (C=O) groups excluding carboxylic acids is 1. The molecule has 1 aromatic rings. The summed E-state index contributed by atoms with van der Waals surface area (Å²) in [7, 11) is 0. The fourth-order valence-corrected chi connectivity index (χ4v) is 1.02. The molecule has 0 atom stereocenters. The highest BCUT2D eigenvalue weighted by atomic mass is 16.1. The van der Waals surface area contributed by atoms with Crippen LogP contribution in [0.2, 0.25) is 0 Å². The van der Waals surface area contributed by atoms with Crippen LogP contribution in [0.1, 0.15) is 21.5 Å². The van der Waals surface area contributed by atoms with Gasteiger partial charge in [-0.15, -0.1) is 0 Å². The van der Waals surface area contributed by atoms with E-state index < -0.39 is 0 Å². The minimum absolute atomic E-state index is 0.178. The Morgan fingerprint density at radius 2 is 2.31 bits per heavy atom. The predicted molar refractivity (Wildman–Crippen MR) is 47.6 cm³/mol. The van der Waals surface area contributed by atoms with Crippen molar-refractivity contribution in [3.63, 3.8) is 0 Å². The van der Waals surface area contributed by atoms with Gasteiger partial charge in [0.15, 0.2) is 6.29 Å². The molecule has 0 radical (unpaired) electrons. The molecule has 0 aliphatic carbocycles. The second-order valence-corrected chi connectivity index (χ2v) is 2.41. The van der Waals surface area contributed by atoms with Crippen LogP contribution in [0.3, 0.4) is 0 Å². The van der Waals surface area contributed by atoms with Gasteiger partial charge in [-0.25, -0.2) is 0 Å². The zero-order valence-electron chi connectivity index (χ0n) is 6.74. The number of carbonyl (C=O) groups is 1. The molecular formula is C9H7N3O. The zero-order valence-corrected chi connectivity index (χ0v) is 6.74. The first kappa shape index (κ1) is 8.94. The molecule has 0 aliphatic heterocycles. The van der Waals surface area contributed by atoms with Gasteiger partial charge in [0.05, 0.1) is 11.6 Å². The largest absolute Gasteiger partial charge is 0.384 e. The van der Waals surface area contributed by atoms with E-state index in [1.807, 2.05) is 6.07 Å². The SMILES string of the molecule is N#Cc1cccc(C(=N)N)c1C=O. The average molecular weight is 173 g/mol. The number of nitrogen functional groups attached to an aromatic ring is 1. The Hall–Kier alpha value is -2.15. The van der Waals surface area contributed by atoms with Crippen LogP contribution in [0.25, 0.3) is 0 Å². The molecule has 0 amide bonds. The number of aldehydes is 1. The third-order valence-electron chi connectivity index (χ3n) is 1.63. The van der Waals surface area contributed by atoms with Crippen molar-refractivity contribution >= 4 is 12.1 Å². The summed E-state index contributed by atoms with van der Waals surface area (Å²) in [6.07, 6.45) is 0.537. The molecule has 1 rings (SSSR count). The van der Waals surface area contributed by atoms with E-state index in [-0.39, 0.29) is 17.0 Å². The maximum Gasteiger partial charge on any atom is 0.152 e. The van der Waals surface area contributed by atoms with Crippen molar-refractivity contribution in [2.45, 2.75) is 0 Å². The summed E-state index contributed by atoms with van der Waals surface area (Å²) in [4.78, 5) is 10.6. The lowest BCUT2D eigenvalue weighted by molar-refractivity contribution is 0.112. The number of hydrogen-bond donors (Lipinski definition) is 2. The summed E-state index contributed by atoms with van der Waals surface area (Å²) < 4.78 is 0. The molecule has 64 valence electrons. The van der Waals surface area contributed by atoms with Crippen LogP contribution in [0.4, 0.5) is 0 Å². The normalized spacial score (nSPS) is 8.85. The standard InChI is InChI=1S/C9H7N3O/c10-4-6-2-1-3-7(9(11)12)8(6)5-13/h1-3,5H,(H3,11,12). The van der Waals surface area contributed by atoms with Gasteiger partial charge in [-0.1, -0.05) is 12.1 Å². The Morgan fingerprint density at radius 3 is 2.77 bits per heavy atom. The Kier molecular flexibility index (Phi) is 2.41. The maximum atomic E-state index is 10.6. The summed E-state index contributed by atoms with van der Waals surface area (Å²) in [6, 6.07) is 6.49. The summed E-state index contributed by atoms with van der Waals surface area (Å²) in [5, 5.41) is 15.8. The molecule has 0 aromatic heterocycles. The number of benzene rings is 1. The minimum atomic E-state index is -0.209. The molecule has 4 heteroatoms. The van der Waals surface area contributed by atoms with E-state index >= 15 is 0 Å². The van der Waals surface area contributed by atoms with E-state index in [0.717, 1.165) is 0 Å². The molecule has 0 fully saturated rings. The van der Waals surface area contributed by atoms with Crippen molar-refractivity contribution in [3.8, 4) is 6.07 Å². The topological polar surface area (TPSA) is 90.7 Å². The molecule has 0 saturated carbocycles. The maximum absolute atomic E-state index is 10.6. The third kappa shape index (κ3) is 1.54. The predicted octanol–water partition coefficient (Wildman–Crippen LogP) is 0.655. The van der Waals surface area contributed by atoms with Crippen LogP contribution < -0.4 is 5.73 Å². The zero-order chi connectivity index (χ0) is 9.84. The Bertz CT molecular complexity index is 404. The van der Waals surface area contributed by atoms with Gasteiger partial charge in [0.25, 0.3) is 0 Å². The molecular weight excluding hydrogens is 166 g/mol. The van der Waals surface area contributed by atoms with Crippen molar-refractivity contribution in [2.24, 2.45) is 5.73 Å². The van der Waals surface area contributed by atoms with Crippen LogP contribution in [-0.4, -0.2) is 12.1 Å². The van der Waals surface area contributed by atoms with Gasteiger partial charge in [0.1, 0.15) is 5.84 Å². The highest BCUT2D eigenvalue weighted by Crippen LogP contribution is 2.10. The van der Waals surface area contributed by atoms with Gasteiger partial charge in [-0.2, -0.15) is 5.26 Å². The number of nitrogens with one attached hydrogen (secondary N) is 1.